The van der Waals surface area contributed by atoms with Crippen LogP contribution in [0.25, 0.3) is 0 Å². The Labute approximate surface area is 122 Å². The van der Waals surface area contributed by atoms with E-state index >= 15 is 0 Å². The number of carbonyl (C=O) groups excluding carboxylic acids is 1. The summed E-state index contributed by atoms with van der Waals surface area (Å²) >= 11 is 15.0. The SMILES string of the molecule is O=C(Nc1cc(Cl)ccc1Cl)c1ccc(Br)nc1. The minimum atomic E-state index is -0.292. The van der Waals surface area contributed by atoms with E-state index < -0.39 is 0 Å². The van der Waals surface area contributed by atoms with Gasteiger partial charge in [-0.1, -0.05) is 23.2 Å². The molecule has 0 atom stereocenters. The summed E-state index contributed by atoms with van der Waals surface area (Å²) in [6.07, 6.45) is 1.47. The number of nitrogens with one attached hydrogen (secondary N) is 1. The third-order valence-corrected chi connectivity index (χ3v) is 3.20. The zero-order valence-electron chi connectivity index (χ0n) is 8.95. The van der Waals surface area contributed by atoms with Crippen molar-refractivity contribution in [3.63, 3.8) is 0 Å². The number of amides is 1. The summed E-state index contributed by atoms with van der Waals surface area (Å²) in [6.45, 7) is 0. The normalized spacial score (nSPS) is 10.2. The van der Waals surface area contributed by atoms with Crippen LogP contribution >= 0.6 is 39.1 Å². The maximum absolute atomic E-state index is 11.9. The number of halogens is 3. The van der Waals surface area contributed by atoms with Crippen molar-refractivity contribution in [2.75, 3.05) is 5.32 Å². The van der Waals surface area contributed by atoms with Crippen LogP contribution in [-0.4, -0.2) is 10.9 Å². The van der Waals surface area contributed by atoms with Gasteiger partial charge in [-0.2, -0.15) is 0 Å². The average Bonchev–Trinajstić information content (AvgIpc) is 2.34. The topological polar surface area (TPSA) is 42.0 Å². The lowest BCUT2D eigenvalue weighted by Gasteiger charge is -2.07. The second kappa shape index (κ2) is 5.69. The lowest BCUT2D eigenvalue weighted by Crippen LogP contribution is -2.12. The van der Waals surface area contributed by atoms with E-state index in [0.717, 1.165) is 0 Å². The molecule has 1 aromatic carbocycles. The Morgan fingerprint density at radius 1 is 1.22 bits per heavy atom. The fourth-order valence-corrected chi connectivity index (χ4v) is 1.87. The van der Waals surface area contributed by atoms with Crippen LogP contribution in [0, 0.1) is 0 Å². The number of pyridine rings is 1. The first-order valence-electron chi connectivity index (χ1n) is 4.94. The van der Waals surface area contributed by atoms with Gasteiger partial charge in [0.05, 0.1) is 16.3 Å². The minimum absolute atomic E-state index is 0.292. The number of hydrogen-bond donors (Lipinski definition) is 1. The molecule has 0 unspecified atom stereocenters. The van der Waals surface area contributed by atoms with Crippen LogP contribution in [0.4, 0.5) is 5.69 Å². The third-order valence-electron chi connectivity index (χ3n) is 2.17. The summed E-state index contributed by atoms with van der Waals surface area (Å²) < 4.78 is 0.667. The molecular weight excluding hydrogens is 339 g/mol. The van der Waals surface area contributed by atoms with Crippen molar-refractivity contribution in [2.45, 2.75) is 0 Å². The Bertz CT molecular complexity index is 587. The van der Waals surface area contributed by atoms with Gasteiger partial charge in [-0.05, 0) is 46.3 Å². The summed E-state index contributed by atoms with van der Waals surface area (Å²) in [5.74, 6) is -0.292. The highest BCUT2D eigenvalue weighted by Crippen LogP contribution is 2.25. The molecule has 0 radical (unpaired) electrons. The van der Waals surface area contributed by atoms with Crippen molar-refractivity contribution in [3.8, 4) is 0 Å². The van der Waals surface area contributed by atoms with Crippen LogP contribution in [0.1, 0.15) is 10.4 Å². The van der Waals surface area contributed by atoms with E-state index in [9.17, 15) is 4.79 Å². The number of benzene rings is 1. The number of carbonyl (C=O) groups is 1. The molecule has 0 spiro atoms. The predicted molar refractivity (Wildman–Crippen MR) is 76.4 cm³/mol. The largest absolute Gasteiger partial charge is 0.321 e. The van der Waals surface area contributed by atoms with E-state index in [0.29, 0.717) is 25.9 Å². The number of rotatable bonds is 2. The van der Waals surface area contributed by atoms with Crippen LogP contribution in [0.5, 0.6) is 0 Å². The number of anilines is 1. The zero-order valence-corrected chi connectivity index (χ0v) is 12.1. The van der Waals surface area contributed by atoms with Gasteiger partial charge in [0.25, 0.3) is 5.91 Å². The van der Waals surface area contributed by atoms with Crippen LogP contribution < -0.4 is 5.32 Å². The van der Waals surface area contributed by atoms with Gasteiger partial charge in [-0.15, -0.1) is 0 Å². The standard InChI is InChI=1S/C12H7BrCl2N2O/c13-11-4-1-7(6-16-11)12(18)17-10-5-8(14)2-3-9(10)15/h1-6H,(H,17,18). The lowest BCUT2D eigenvalue weighted by molar-refractivity contribution is 0.102. The van der Waals surface area contributed by atoms with Crippen molar-refractivity contribution >= 4 is 50.7 Å². The number of aromatic nitrogens is 1. The van der Waals surface area contributed by atoms with Gasteiger partial charge in [0, 0.05) is 11.2 Å². The molecule has 6 heteroatoms. The van der Waals surface area contributed by atoms with Gasteiger partial charge in [0.2, 0.25) is 0 Å². The minimum Gasteiger partial charge on any atom is -0.321 e. The summed E-state index contributed by atoms with van der Waals surface area (Å²) in [5.41, 5.74) is 0.909. The van der Waals surface area contributed by atoms with Gasteiger partial charge in [-0.25, -0.2) is 4.98 Å². The van der Waals surface area contributed by atoms with E-state index in [4.69, 9.17) is 23.2 Å². The fraction of sp³-hybridized carbons (Fsp3) is 0. The summed E-state index contributed by atoms with van der Waals surface area (Å²) in [4.78, 5) is 15.9. The zero-order chi connectivity index (χ0) is 13.1. The first-order valence-corrected chi connectivity index (χ1v) is 6.49. The molecule has 2 rings (SSSR count). The summed E-state index contributed by atoms with van der Waals surface area (Å²) in [7, 11) is 0. The van der Waals surface area contributed by atoms with Crippen LogP contribution in [-0.2, 0) is 0 Å². The van der Waals surface area contributed by atoms with Gasteiger partial charge < -0.3 is 5.32 Å². The summed E-state index contributed by atoms with van der Waals surface area (Å²) in [6, 6.07) is 8.22. The van der Waals surface area contributed by atoms with E-state index in [1.54, 1.807) is 30.3 Å². The second-order valence-electron chi connectivity index (χ2n) is 3.45. The molecule has 0 aliphatic rings. The molecule has 2 aromatic rings. The third kappa shape index (κ3) is 3.22. The average molecular weight is 346 g/mol. The molecule has 0 aliphatic carbocycles. The fourth-order valence-electron chi connectivity index (χ4n) is 1.30. The molecule has 3 nitrogen and oxygen atoms in total. The van der Waals surface area contributed by atoms with Crippen LogP contribution in [0.3, 0.4) is 0 Å². The Hall–Kier alpha value is -1.10. The Balaban J connectivity index is 2.21. The maximum atomic E-state index is 11.9. The Morgan fingerprint density at radius 2 is 2.00 bits per heavy atom. The van der Waals surface area contributed by atoms with Gasteiger partial charge in [-0.3, -0.25) is 4.79 Å². The highest BCUT2D eigenvalue weighted by molar-refractivity contribution is 9.10. The monoisotopic (exact) mass is 344 g/mol. The van der Waals surface area contributed by atoms with Crippen molar-refractivity contribution in [1.29, 1.82) is 0 Å². The van der Waals surface area contributed by atoms with Crippen molar-refractivity contribution < 1.29 is 4.79 Å². The molecule has 1 amide bonds. The van der Waals surface area contributed by atoms with Crippen molar-refractivity contribution in [3.05, 3.63) is 56.7 Å². The molecule has 92 valence electrons. The molecule has 18 heavy (non-hydrogen) atoms. The van der Waals surface area contributed by atoms with Crippen molar-refractivity contribution in [2.24, 2.45) is 0 Å². The highest BCUT2D eigenvalue weighted by atomic mass is 79.9. The molecule has 1 heterocycles. The van der Waals surface area contributed by atoms with Crippen LogP contribution in [0.15, 0.2) is 41.1 Å². The number of hydrogen-bond acceptors (Lipinski definition) is 2. The molecule has 1 aromatic heterocycles. The first-order chi connectivity index (χ1) is 8.56. The van der Waals surface area contributed by atoms with Gasteiger partial charge in [0.1, 0.15) is 4.60 Å². The van der Waals surface area contributed by atoms with E-state index in [1.807, 2.05) is 0 Å². The quantitative estimate of drug-likeness (QED) is 0.819. The Morgan fingerprint density at radius 3 is 2.67 bits per heavy atom. The summed E-state index contributed by atoms with van der Waals surface area (Å²) in [5, 5.41) is 3.61. The van der Waals surface area contributed by atoms with Crippen molar-refractivity contribution in [1.82, 2.24) is 4.98 Å². The van der Waals surface area contributed by atoms with Gasteiger partial charge in [0.15, 0.2) is 0 Å². The lowest BCUT2D eigenvalue weighted by atomic mass is 10.2. The second-order valence-corrected chi connectivity index (χ2v) is 5.10. The smallest absolute Gasteiger partial charge is 0.257 e. The molecule has 0 fully saturated rings. The molecular formula is C12H7BrCl2N2O. The molecule has 0 saturated heterocycles. The van der Waals surface area contributed by atoms with E-state index in [1.165, 1.54) is 6.20 Å². The van der Waals surface area contributed by atoms with Gasteiger partial charge >= 0.3 is 0 Å². The first kappa shape index (κ1) is 13.3. The predicted octanol–water partition coefficient (Wildman–Crippen LogP) is 4.40. The highest BCUT2D eigenvalue weighted by Gasteiger charge is 2.09. The van der Waals surface area contributed by atoms with Crippen LogP contribution in [0.2, 0.25) is 10.0 Å². The maximum Gasteiger partial charge on any atom is 0.257 e. The van der Waals surface area contributed by atoms with E-state index in [2.05, 4.69) is 26.2 Å². The van der Waals surface area contributed by atoms with E-state index in [-0.39, 0.29) is 5.91 Å². The Kier molecular flexibility index (Phi) is 4.22. The molecule has 0 bridgehead atoms. The molecule has 1 N–H and O–H groups in total. The molecule has 0 saturated carbocycles. The molecule has 0 aliphatic heterocycles. The number of nitrogens with zero attached hydrogens (tertiary/aromatic N) is 1.